The molecule has 4 N–H and O–H groups in total. The van der Waals surface area contributed by atoms with Crippen molar-refractivity contribution in [1.82, 2.24) is 0 Å². The van der Waals surface area contributed by atoms with E-state index in [-0.39, 0.29) is 12.0 Å². The molecule has 0 aliphatic rings. The predicted molar refractivity (Wildman–Crippen MR) is 155 cm³/mol. The number of hydrogen-bond acceptors (Lipinski definition) is 5. The van der Waals surface area contributed by atoms with E-state index in [2.05, 4.69) is 45.5 Å². The van der Waals surface area contributed by atoms with Crippen LogP contribution >= 0.6 is 0 Å². The van der Waals surface area contributed by atoms with Gasteiger partial charge in [0.05, 0.1) is 6.10 Å². The second-order valence-electron chi connectivity index (χ2n) is 8.83. The number of ether oxygens (including phenoxy) is 1. The summed E-state index contributed by atoms with van der Waals surface area (Å²) >= 11 is 0. The van der Waals surface area contributed by atoms with Crippen molar-refractivity contribution in [3.63, 3.8) is 0 Å². The molecular weight excluding hydrogens is 460 g/mol. The van der Waals surface area contributed by atoms with E-state index in [1.54, 1.807) is 0 Å². The van der Waals surface area contributed by atoms with Gasteiger partial charge in [-0.25, -0.2) is 0 Å². The molecule has 0 saturated carbocycles. The zero-order valence-corrected chi connectivity index (χ0v) is 21.3. The van der Waals surface area contributed by atoms with Crippen molar-refractivity contribution >= 4 is 45.7 Å². The van der Waals surface area contributed by atoms with Gasteiger partial charge >= 0.3 is 0 Å². The van der Waals surface area contributed by atoms with Crippen molar-refractivity contribution < 1.29 is 9.53 Å². The monoisotopic (exact) mass is 494 g/mol. The molecule has 0 bridgehead atoms. The van der Waals surface area contributed by atoms with Crippen molar-refractivity contribution in [2.45, 2.75) is 32.8 Å². The van der Waals surface area contributed by atoms with Crippen LogP contribution in [0.15, 0.2) is 103 Å². The van der Waals surface area contributed by atoms with Gasteiger partial charge in [0.15, 0.2) is 0 Å². The van der Waals surface area contributed by atoms with Gasteiger partial charge in [0.25, 0.3) is 0 Å². The Morgan fingerprint density at radius 2 is 1.00 bits per heavy atom. The van der Waals surface area contributed by atoms with Crippen LogP contribution in [0.2, 0.25) is 0 Å². The lowest BCUT2D eigenvalue weighted by Crippen LogP contribution is -2.15. The van der Waals surface area contributed by atoms with E-state index in [0.29, 0.717) is 19.4 Å². The van der Waals surface area contributed by atoms with Gasteiger partial charge in [-0.1, -0.05) is 18.2 Å². The Kier molecular flexibility index (Phi) is 9.16. The maximum absolute atomic E-state index is 12.2. The third kappa shape index (κ3) is 8.40. The van der Waals surface area contributed by atoms with Gasteiger partial charge in [0.1, 0.15) is 0 Å². The first-order chi connectivity index (χ1) is 18.1. The summed E-state index contributed by atoms with van der Waals surface area (Å²) in [5, 5.41) is 13.2. The average Bonchev–Trinajstić information content (AvgIpc) is 2.92. The number of para-hydroxylation sites is 1. The first-order valence-corrected chi connectivity index (χ1v) is 12.6. The molecule has 1 atom stereocenters. The highest BCUT2D eigenvalue weighted by Gasteiger charge is 2.07. The largest absolute Gasteiger partial charge is 0.379 e. The molecular formula is C31H34N4O2. The number of hydrogen-bond donors (Lipinski definition) is 4. The molecule has 4 aromatic carbocycles. The number of amides is 1. The summed E-state index contributed by atoms with van der Waals surface area (Å²) in [5.74, 6) is -0.00236. The number of anilines is 7. The van der Waals surface area contributed by atoms with Crippen molar-refractivity contribution in [2.24, 2.45) is 0 Å². The zero-order chi connectivity index (χ0) is 25.9. The van der Waals surface area contributed by atoms with Gasteiger partial charge in [0, 0.05) is 52.8 Å². The molecule has 4 rings (SSSR count). The molecule has 0 aromatic heterocycles. The van der Waals surface area contributed by atoms with Gasteiger partial charge in [-0.15, -0.1) is 0 Å². The van der Waals surface area contributed by atoms with Gasteiger partial charge in [-0.2, -0.15) is 0 Å². The Hall–Kier alpha value is -4.29. The molecule has 0 saturated heterocycles. The molecule has 0 radical (unpaired) electrons. The number of carbonyl (C=O) groups excluding carboxylic acids is 1. The standard InChI is InChI=1S/C31H34N4O2/c1-3-37-23(2)9-22-31(36)35-30-20-18-29(19-21-30)34-28-16-14-27(15-17-28)33-26-12-10-25(11-13-26)32-24-7-5-4-6-8-24/h4-8,10-21,23,32-34H,3,9,22H2,1-2H3,(H,35,36). The molecule has 0 aliphatic heterocycles. The summed E-state index contributed by atoms with van der Waals surface area (Å²) < 4.78 is 5.48. The van der Waals surface area contributed by atoms with E-state index in [0.717, 1.165) is 39.8 Å². The predicted octanol–water partition coefficient (Wildman–Crippen LogP) is 8.06. The van der Waals surface area contributed by atoms with Crippen LogP contribution in [0.4, 0.5) is 39.8 Å². The third-order valence-electron chi connectivity index (χ3n) is 5.81. The van der Waals surface area contributed by atoms with E-state index < -0.39 is 0 Å². The first-order valence-electron chi connectivity index (χ1n) is 12.6. The molecule has 37 heavy (non-hydrogen) atoms. The Labute approximate surface area is 219 Å². The fraction of sp³-hybridized carbons (Fsp3) is 0.194. The lowest BCUT2D eigenvalue weighted by atomic mass is 10.2. The minimum absolute atomic E-state index is 0.00236. The second-order valence-corrected chi connectivity index (χ2v) is 8.83. The average molecular weight is 495 g/mol. The van der Waals surface area contributed by atoms with Crippen LogP contribution in [0, 0.1) is 0 Å². The van der Waals surface area contributed by atoms with Crippen molar-refractivity contribution in [3.05, 3.63) is 103 Å². The summed E-state index contributed by atoms with van der Waals surface area (Å²) in [7, 11) is 0. The van der Waals surface area contributed by atoms with E-state index >= 15 is 0 Å². The lowest BCUT2D eigenvalue weighted by molar-refractivity contribution is -0.116. The molecule has 0 aliphatic carbocycles. The maximum atomic E-state index is 12.2. The van der Waals surface area contributed by atoms with Crippen LogP contribution < -0.4 is 21.3 Å². The molecule has 4 aromatic rings. The van der Waals surface area contributed by atoms with Gasteiger partial charge in [-0.05, 0) is 105 Å². The molecule has 6 heteroatoms. The van der Waals surface area contributed by atoms with Crippen LogP contribution in [0.5, 0.6) is 0 Å². The topological polar surface area (TPSA) is 74.4 Å². The maximum Gasteiger partial charge on any atom is 0.224 e. The van der Waals surface area contributed by atoms with Crippen LogP contribution in [0.25, 0.3) is 0 Å². The van der Waals surface area contributed by atoms with Gasteiger partial charge in [0.2, 0.25) is 5.91 Å². The molecule has 1 amide bonds. The highest BCUT2D eigenvalue weighted by Crippen LogP contribution is 2.24. The molecule has 1 unspecified atom stereocenters. The van der Waals surface area contributed by atoms with Crippen LogP contribution in [0.3, 0.4) is 0 Å². The molecule has 0 fully saturated rings. The lowest BCUT2D eigenvalue weighted by Gasteiger charge is -2.12. The molecule has 0 heterocycles. The van der Waals surface area contributed by atoms with E-state index in [1.165, 1.54) is 0 Å². The van der Waals surface area contributed by atoms with Crippen molar-refractivity contribution in [1.29, 1.82) is 0 Å². The van der Waals surface area contributed by atoms with Gasteiger partial charge < -0.3 is 26.0 Å². The highest BCUT2D eigenvalue weighted by molar-refractivity contribution is 5.91. The highest BCUT2D eigenvalue weighted by atomic mass is 16.5. The molecule has 6 nitrogen and oxygen atoms in total. The van der Waals surface area contributed by atoms with Crippen molar-refractivity contribution in [2.75, 3.05) is 27.9 Å². The quantitative estimate of drug-likeness (QED) is 0.160. The van der Waals surface area contributed by atoms with E-state index in [9.17, 15) is 4.79 Å². The molecule has 190 valence electrons. The summed E-state index contributed by atoms with van der Waals surface area (Å²) in [5.41, 5.74) is 6.84. The number of carbonyl (C=O) groups is 1. The minimum atomic E-state index is -0.00236. The first kappa shape index (κ1) is 25.8. The van der Waals surface area contributed by atoms with Crippen molar-refractivity contribution in [3.8, 4) is 0 Å². The summed E-state index contributed by atoms with van der Waals surface area (Å²) in [4.78, 5) is 12.2. The third-order valence-corrected chi connectivity index (χ3v) is 5.81. The van der Waals surface area contributed by atoms with Crippen LogP contribution in [-0.2, 0) is 9.53 Å². The summed E-state index contributed by atoms with van der Waals surface area (Å²) in [6.07, 6.45) is 1.24. The number of nitrogens with one attached hydrogen (secondary N) is 4. The van der Waals surface area contributed by atoms with Gasteiger partial charge in [-0.3, -0.25) is 4.79 Å². The second kappa shape index (κ2) is 13.1. The SMILES string of the molecule is CCOC(C)CCC(=O)Nc1ccc(Nc2ccc(Nc3ccc(Nc4ccccc4)cc3)cc2)cc1. The fourth-order valence-electron chi connectivity index (χ4n) is 3.86. The number of rotatable bonds is 12. The van der Waals surface area contributed by atoms with Crippen LogP contribution in [0.1, 0.15) is 26.7 Å². The minimum Gasteiger partial charge on any atom is -0.379 e. The number of benzene rings is 4. The molecule has 0 spiro atoms. The van der Waals surface area contributed by atoms with Crippen LogP contribution in [-0.4, -0.2) is 18.6 Å². The summed E-state index contributed by atoms with van der Waals surface area (Å²) in [6.45, 7) is 4.61. The van der Waals surface area contributed by atoms with E-state index in [4.69, 9.17) is 4.74 Å². The fourth-order valence-corrected chi connectivity index (χ4v) is 3.86. The smallest absolute Gasteiger partial charge is 0.224 e. The zero-order valence-electron chi connectivity index (χ0n) is 21.3. The Balaban J connectivity index is 1.25. The normalized spacial score (nSPS) is 11.4. The Bertz CT molecular complexity index is 1240. The summed E-state index contributed by atoms with van der Waals surface area (Å²) in [6, 6.07) is 34.2. The Morgan fingerprint density at radius 3 is 1.41 bits per heavy atom. The Morgan fingerprint density at radius 1 is 0.622 bits per heavy atom. The van der Waals surface area contributed by atoms with E-state index in [1.807, 2.05) is 92.7 Å².